The number of hydrogen-bond acceptors (Lipinski definition) is 3. The van der Waals surface area contributed by atoms with Crippen molar-refractivity contribution in [3.63, 3.8) is 0 Å². The zero-order valence-electron chi connectivity index (χ0n) is 10.2. The molecule has 0 saturated carbocycles. The molecule has 0 aromatic carbocycles. The second-order valence-corrected chi connectivity index (χ2v) is 5.30. The van der Waals surface area contributed by atoms with Crippen molar-refractivity contribution in [3.05, 3.63) is 18.0 Å². The summed E-state index contributed by atoms with van der Waals surface area (Å²) < 4.78 is 0. The molecule has 1 rings (SSSR count). The van der Waals surface area contributed by atoms with Crippen molar-refractivity contribution in [2.75, 3.05) is 11.9 Å². The van der Waals surface area contributed by atoms with Crippen LogP contribution in [0.15, 0.2) is 12.3 Å². The van der Waals surface area contributed by atoms with Crippen LogP contribution in [0.2, 0.25) is 0 Å². The molecular weight excluding hydrogens is 220 g/mol. The number of anilines is 1. The number of aryl methyl sites for hydroxylation is 1. The van der Waals surface area contributed by atoms with Gasteiger partial charge in [0.25, 0.3) is 0 Å². The minimum Gasteiger partial charge on any atom is -0.362 e. The number of nitrogens with zero attached hydrogens (tertiary/aromatic N) is 2. The fraction of sp³-hybridized carbons (Fsp3) is 0.545. The molecule has 0 unspecified atom stereocenters. The van der Waals surface area contributed by atoms with Gasteiger partial charge >= 0.3 is 0 Å². The van der Waals surface area contributed by atoms with Gasteiger partial charge in [-0.2, -0.15) is 0 Å². The van der Waals surface area contributed by atoms with Crippen molar-refractivity contribution in [3.8, 4) is 0 Å². The zero-order valence-corrected chi connectivity index (χ0v) is 11.0. The Labute approximate surface area is 102 Å². The van der Waals surface area contributed by atoms with Gasteiger partial charge in [0, 0.05) is 18.4 Å². The molecule has 0 aliphatic carbocycles. The van der Waals surface area contributed by atoms with Crippen LogP contribution in [-0.4, -0.2) is 21.6 Å². The Hall–Kier alpha value is -1.23. The zero-order chi connectivity index (χ0) is 12.2. The lowest BCUT2D eigenvalue weighted by Gasteiger charge is -2.20. The summed E-state index contributed by atoms with van der Waals surface area (Å²) in [6.07, 6.45) is 1.71. The molecule has 0 spiro atoms. The molecule has 0 saturated heterocycles. The Morgan fingerprint density at radius 2 is 2.12 bits per heavy atom. The SMILES string of the molecule is Cc1ccnc(NC(=S)NCC(C)(C)C)n1. The second kappa shape index (κ2) is 5.21. The first-order chi connectivity index (χ1) is 7.37. The van der Waals surface area contributed by atoms with E-state index in [1.54, 1.807) is 6.20 Å². The molecule has 0 atom stereocenters. The minimum atomic E-state index is 0.194. The highest BCUT2D eigenvalue weighted by Gasteiger charge is 2.10. The van der Waals surface area contributed by atoms with Gasteiger partial charge in [-0.1, -0.05) is 20.8 Å². The quantitative estimate of drug-likeness (QED) is 0.773. The molecule has 1 heterocycles. The van der Waals surface area contributed by atoms with Crippen LogP contribution in [-0.2, 0) is 0 Å². The molecule has 0 bridgehead atoms. The Morgan fingerprint density at radius 3 is 2.69 bits per heavy atom. The Kier molecular flexibility index (Phi) is 4.18. The van der Waals surface area contributed by atoms with Gasteiger partial charge in [0.1, 0.15) is 0 Å². The van der Waals surface area contributed by atoms with Crippen molar-refractivity contribution in [1.29, 1.82) is 0 Å². The van der Waals surface area contributed by atoms with Crippen molar-refractivity contribution < 1.29 is 0 Å². The van der Waals surface area contributed by atoms with Crippen molar-refractivity contribution in [2.45, 2.75) is 27.7 Å². The molecule has 4 nitrogen and oxygen atoms in total. The Bertz CT molecular complexity index is 370. The molecule has 16 heavy (non-hydrogen) atoms. The predicted molar refractivity (Wildman–Crippen MR) is 70.4 cm³/mol. The van der Waals surface area contributed by atoms with Crippen LogP contribution in [0.25, 0.3) is 0 Å². The van der Waals surface area contributed by atoms with Gasteiger partial charge in [-0.15, -0.1) is 0 Å². The molecule has 0 aliphatic rings. The fourth-order valence-corrected chi connectivity index (χ4v) is 1.16. The summed E-state index contributed by atoms with van der Waals surface area (Å²) in [6, 6.07) is 1.84. The third kappa shape index (κ3) is 5.02. The molecule has 0 amide bonds. The van der Waals surface area contributed by atoms with Crippen LogP contribution in [0.4, 0.5) is 5.95 Å². The molecule has 0 radical (unpaired) electrons. The first-order valence-corrected chi connectivity index (χ1v) is 5.62. The van der Waals surface area contributed by atoms with Crippen LogP contribution in [0.1, 0.15) is 26.5 Å². The third-order valence-corrected chi connectivity index (χ3v) is 2.05. The van der Waals surface area contributed by atoms with Crippen LogP contribution >= 0.6 is 12.2 Å². The van der Waals surface area contributed by atoms with E-state index in [9.17, 15) is 0 Å². The van der Waals surface area contributed by atoms with E-state index in [0.29, 0.717) is 11.1 Å². The van der Waals surface area contributed by atoms with E-state index < -0.39 is 0 Å². The summed E-state index contributed by atoms with van der Waals surface area (Å²) in [6.45, 7) is 9.16. The first-order valence-electron chi connectivity index (χ1n) is 5.21. The lowest BCUT2D eigenvalue weighted by atomic mass is 9.97. The number of thiocarbonyl (C=S) groups is 1. The smallest absolute Gasteiger partial charge is 0.229 e. The minimum absolute atomic E-state index is 0.194. The average molecular weight is 238 g/mol. The summed E-state index contributed by atoms with van der Waals surface area (Å²) >= 11 is 5.15. The topological polar surface area (TPSA) is 49.8 Å². The van der Waals surface area contributed by atoms with Crippen molar-refractivity contribution in [2.24, 2.45) is 5.41 Å². The maximum atomic E-state index is 5.15. The van der Waals surface area contributed by atoms with Crippen LogP contribution in [0.5, 0.6) is 0 Å². The van der Waals surface area contributed by atoms with E-state index in [-0.39, 0.29) is 5.41 Å². The van der Waals surface area contributed by atoms with Crippen LogP contribution in [0.3, 0.4) is 0 Å². The summed E-state index contributed by atoms with van der Waals surface area (Å²) in [7, 11) is 0. The van der Waals surface area contributed by atoms with E-state index in [1.807, 2.05) is 13.0 Å². The van der Waals surface area contributed by atoms with E-state index in [0.717, 1.165) is 12.2 Å². The number of nitrogens with one attached hydrogen (secondary N) is 2. The van der Waals surface area contributed by atoms with Gasteiger partial charge in [0.2, 0.25) is 5.95 Å². The second-order valence-electron chi connectivity index (χ2n) is 4.89. The molecular formula is C11H18N4S. The normalized spacial score (nSPS) is 11.0. The molecule has 0 fully saturated rings. The Morgan fingerprint density at radius 1 is 1.44 bits per heavy atom. The van der Waals surface area contributed by atoms with E-state index in [4.69, 9.17) is 12.2 Å². The van der Waals surface area contributed by atoms with Gasteiger partial charge in [0.05, 0.1) is 0 Å². The largest absolute Gasteiger partial charge is 0.362 e. The van der Waals surface area contributed by atoms with Gasteiger partial charge in [-0.25, -0.2) is 9.97 Å². The fourth-order valence-electron chi connectivity index (χ4n) is 1.00. The third-order valence-electron chi connectivity index (χ3n) is 1.80. The standard InChI is InChI=1S/C11H18N4S/c1-8-5-6-12-9(14-8)15-10(16)13-7-11(2,3)4/h5-6H,7H2,1-4H3,(H2,12,13,14,15,16). The molecule has 2 N–H and O–H groups in total. The maximum absolute atomic E-state index is 5.15. The van der Waals surface area contributed by atoms with Crippen molar-refractivity contribution >= 4 is 23.3 Å². The van der Waals surface area contributed by atoms with Gasteiger partial charge in [0.15, 0.2) is 5.11 Å². The summed E-state index contributed by atoms with van der Waals surface area (Å²) in [5.74, 6) is 0.534. The summed E-state index contributed by atoms with van der Waals surface area (Å²) in [4.78, 5) is 8.28. The molecule has 5 heteroatoms. The number of aromatic nitrogens is 2. The summed E-state index contributed by atoms with van der Waals surface area (Å²) in [5.41, 5.74) is 1.11. The van der Waals surface area contributed by atoms with Gasteiger partial charge in [-0.3, -0.25) is 0 Å². The lowest BCUT2D eigenvalue weighted by Crippen LogP contribution is -2.35. The van der Waals surface area contributed by atoms with Crippen LogP contribution < -0.4 is 10.6 Å². The highest BCUT2D eigenvalue weighted by molar-refractivity contribution is 7.80. The highest BCUT2D eigenvalue weighted by atomic mass is 32.1. The van der Waals surface area contributed by atoms with Crippen LogP contribution in [0, 0.1) is 12.3 Å². The van der Waals surface area contributed by atoms with E-state index >= 15 is 0 Å². The predicted octanol–water partition coefficient (Wildman–Crippen LogP) is 2.12. The lowest BCUT2D eigenvalue weighted by molar-refractivity contribution is 0.409. The van der Waals surface area contributed by atoms with Gasteiger partial charge in [-0.05, 0) is 30.6 Å². The van der Waals surface area contributed by atoms with Gasteiger partial charge < -0.3 is 10.6 Å². The van der Waals surface area contributed by atoms with E-state index in [2.05, 4.69) is 41.4 Å². The monoisotopic (exact) mass is 238 g/mol. The first kappa shape index (κ1) is 12.8. The maximum Gasteiger partial charge on any atom is 0.229 e. The van der Waals surface area contributed by atoms with Crippen molar-refractivity contribution in [1.82, 2.24) is 15.3 Å². The van der Waals surface area contributed by atoms with E-state index in [1.165, 1.54) is 0 Å². The summed E-state index contributed by atoms with van der Waals surface area (Å²) in [5, 5.41) is 6.64. The highest BCUT2D eigenvalue weighted by Crippen LogP contribution is 2.10. The number of hydrogen-bond donors (Lipinski definition) is 2. The molecule has 0 aliphatic heterocycles. The Balaban J connectivity index is 2.46. The molecule has 1 aromatic heterocycles. The molecule has 1 aromatic rings. The average Bonchev–Trinajstić information content (AvgIpc) is 2.14. The molecule has 88 valence electrons. The number of rotatable bonds is 2.